The molecule has 5 aromatic rings. The number of likely N-dealkylation sites (tertiary alicyclic amines) is 2. The average Bonchev–Trinajstić information content (AvgIpc) is 4.09. The molecule has 4 saturated heterocycles. The summed E-state index contributed by atoms with van der Waals surface area (Å²) in [6, 6.07) is 15.5. The predicted molar refractivity (Wildman–Crippen MR) is 255 cm³/mol. The zero-order valence-corrected chi connectivity index (χ0v) is 39.0. The fourth-order valence-electron chi connectivity index (χ4n) is 12.5. The maximum atomic E-state index is 17.1. The highest BCUT2D eigenvalue weighted by Crippen LogP contribution is 2.53. The number of rotatable bonds is 11. The van der Waals surface area contributed by atoms with E-state index in [9.17, 15) is 14.7 Å². The molecule has 67 heavy (non-hydrogen) atoms. The van der Waals surface area contributed by atoms with Gasteiger partial charge in [-0.1, -0.05) is 44.2 Å². The van der Waals surface area contributed by atoms with E-state index in [4.69, 9.17) is 14.7 Å². The summed E-state index contributed by atoms with van der Waals surface area (Å²) >= 11 is 0. The number of carbonyl (C=O) groups is 2. The minimum Gasteiger partial charge on any atom is -0.508 e. The van der Waals surface area contributed by atoms with E-state index in [1.165, 1.54) is 43.4 Å². The van der Waals surface area contributed by atoms with Crippen molar-refractivity contribution in [2.45, 2.75) is 115 Å². The van der Waals surface area contributed by atoms with Gasteiger partial charge < -0.3 is 24.5 Å². The van der Waals surface area contributed by atoms with Crippen LogP contribution in [0.1, 0.15) is 119 Å². The summed E-state index contributed by atoms with van der Waals surface area (Å²) in [5.41, 5.74) is 3.72. The van der Waals surface area contributed by atoms with Gasteiger partial charge in [-0.05, 0) is 166 Å². The van der Waals surface area contributed by atoms with Crippen molar-refractivity contribution in [2.75, 3.05) is 57.3 Å². The summed E-state index contributed by atoms with van der Waals surface area (Å²) in [4.78, 5) is 45.9. The Labute approximate surface area is 391 Å². The number of aryl methyl sites for hydroxylation is 1. The molecule has 0 bridgehead atoms. The lowest BCUT2D eigenvalue weighted by atomic mass is 9.59. The summed E-state index contributed by atoms with van der Waals surface area (Å²) in [6.07, 6.45) is 14.7. The molecule has 2 amide bonds. The Hall–Kier alpha value is -5.27. The van der Waals surface area contributed by atoms with Gasteiger partial charge in [0.1, 0.15) is 28.6 Å². The zero-order chi connectivity index (χ0) is 46.0. The third-order valence-corrected chi connectivity index (χ3v) is 16.7. The lowest BCUT2D eigenvalue weighted by Gasteiger charge is -2.56. The minimum absolute atomic E-state index is 0.00733. The number of imide groups is 1. The Bertz CT molecular complexity index is 2700. The van der Waals surface area contributed by atoms with Crippen LogP contribution in [0.15, 0.2) is 54.7 Å². The van der Waals surface area contributed by atoms with Crippen molar-refractivity contribution in [1.82, 2.24) is 30.1 Å². The van der Waals surface area contributed by atoms with Gasteiger partial charge in [0.2, 0.25) is 11.8 Å². The highest BCUT2D eigenvalue weighted by atomic mass is 19.1. The van der Waals surface area contributed by atoms with Crippen LogP contribution in [0.5, 0.6) is 11.8 Å². The van der Waals surface area contributed by atoms with Gasteiger partial charge in [-0.3, -0.25) is 19.9 Å². The molecule has 1 spiro atoms. The summed E-state index contributed by atoms with van der Waals surface area (Å²) < 4.78 is 38.8. The number of fused-ring (bicyclic) bond motifs is 2. The molecule has 2 saturated carbocycles. The van der Waals surface area contributed by atoms with Crippen molar-refractivity contribution in [3.05, 3.63) is 83.1 Å². The quantitative estimate of drug-likeness (QED) is 0.124. The van der Waals surface area contributed by atoms with Crippen molar-refractivity contribution in [1.29, 1.82) is 0 Å². The molecule has 1 unspecified atom stereocenters. The first kappa shape index (κ1) is 44.2. The number of hydrogen-bond acceptors (Lipinski definition) is 10. The average molecular weight is 912 g/mol. The molecule has 4 aliphatic heterocycles. The third kappa shape index (κ3) is 8.64. The molecule has 2 atom stereocenters. The van der Waals surface area contributed by atoms with Gasteiger partial charge >= 0.3 is 6.01 Å². The Balaban J connectivity index is 0.723. The first-order valence-corrected chi connectivity index (χ1v) is 25.0. The van der Waals surface area contributed by atoms with Crippen molar-refractivity contribution >= 4 is 39.3 Å². The molecule has 11 rings (SSSR count). The number of benzene rings is 3. The van der Waals surface area contributed by atoms with Crippen LogP contribution in [0.2, 0.25) is 0 Å². The Kier molecular flexibility index (Phi) is 11.7. The number of halogens is 2. The molecular weight excluding hydrogens is 849 g/mol. The second-order valence-electron chi connectivity index (χ2n) is 21.3. The summed E-state index contributed by atoms with van der Waals surface area (Å²) in [6.45, 7) is 11.6. The van der Waals surface area contributed by atoms with E-state index in [0.717, 1.165) is 89.9 Å². The first-order chi connectivity index (χ1) is 32.5. The van der Waals surface area contributed by atoms with Crippen molar-refractivity contribution in [3.63, 3.8) is 0 Å². The van der Waals surface area contributed by atoms with Crippen LogP contribution in [-0.2, 0) is 16.0 Å². The smallest absolute Gasteiger partial charge is 0.319 e. The van der Waals surface area contributed by atoms with Crippen LogP contribution >= 0.6 is 0 Å². The number of aromatic nitrogens is 3. The van der Waals surface area contributed by atoms with Crippen molar-refractivity contribution in [2.24, 2.45) is 16.7 Å². The number of phenolic OH excluding ortho intramolecular Hbond substituents is 1. The van der Waals surface area contributed by atoms with Gasteiger partial charge in [0.05, 0.1) is 17.9 Å². The number of anilines is 1. The number of hydrogen-bond donors (Lipinski definition) is 2. The number of nitrogens with one attached hydrogen (secondary N) is 1. The lowest BCUT2D eigenvalue weighted by molar-refractivity contribution is -0.134. The van der Waals surface area contributed by atoms with E-state index in [1.807, 2.05) is 6.92 Å². The molecule has 13 heteroatoms. The number of nitrogens with zero attached hydrogens (tertiary/aromatic N) is 6. The number of pyridine rings is 1. The Morgan fingerprint density at radius 2 is 1.66 bits per heavy atom. The topological polar surface area (TPSA) is 124 Å². The molecule has 6 aliphatic rings. The van der Waals surface area contributed by atoms with E-state index in [0.29, 0.717) is 82.3 Å². The van der Waals surface area contributed by atoms with Gasteiger partial charge in [-0.25, -0.2) is 8.78 Å². The molecule has 6 heterocycles. The van der Waals surface area contributed by atoms with Crippen LogP contribution in [0.25, 0.3) is 32.9 Å². The molecule has 0 radical (unpaired) electrons. The predicted octanol–water partition coefficient (Wildman–Crippen LogP) is 9.43. The number of piperidine rings is 4. The monoisotopic (exact) mass is 911 g/mol. The second-order valence-corrected chi connectivity index (χ2v) is 21.3. The second kappa shape index (κ2) is 17.7. The fourth-order valence-corrected chi connectivity index (χ4v) is 12.5. The normalized spacial score (nSPS) is 23.7. The number of ether oxygens (including phenoxy) is 1. The van der Waals surface area contributed by atoms with E-state index in [-0.39, 0.29) is 51.9 Å². The minimum atomic E-state index is -0.643. The number of phenols is 1. The van der Waals surface area contributed by atoms with Gasteiger partial charge in [0, 0.05) is 49.3 Å². The van der Waals surface area contributed by atoms with Crippen LogP contribution in [0, 0.1) is 28.4 Å². The van der Waals surface area contributed by atoms with E-state index in [1.54, 1.807) is 18.3 Å². The zero-order valence-electron chi connectivity index (χ0n) is 39.0. The SMILES string of the molecule is CCc1c(F)ccc2cc(O)cc(-c3ncc4c(N5CCC[C@H](C)C5)nc(OCC5(CN6CCC7(CC6)CC(N6CCC(c8ccc(C9CCC(=O)NC9=O)cc8)CC6)C7)CC5)nc4c3F)c12. The maximum Gasteiger partial charge on any atom is 0.319 e. The number of aromatic hydroxyl groups is 1. The van der Waals surface area contributed by atoms with Gasteiger partial charge in [-0.15, -0.1) is 0 Å². The maximum absolute atomic E-state index is 17.1. The van der Waals surface area contributed by atoms with Gasteiger partial charge in [0.25, 0.3) is 0 Å². The van der Waals surface area contributed by atoms with Crippen LogP contribution in [-0.4, -0.2) is 100 Å². The molecule has 2 aliphatic carbocycles. The standard InChI is InChI=1S/C54H63F2N7O4/c1-3-40-44(55)12-10-37-25-39(64)26-42(46(37)40)48-47(56)49-43(29-57-48)50(63-20-4-5-33(2)30-63)60-52(59-49)67-32-54(16-17-54)31-61-23-18-53(19-24-61)27-38(28-53)62-21-14-35(15-22-62)34-6-8-36(9-7-34)41-11-13-45(65)58-51(41)66/h6-10,12,25-26,29,33,35,38,41,64H,3-5,11,13-24,27-28,30-32H2,1-2H3,(H,58,65,66)/t33-,41?/m0/s1. The van der Waals surface area contributed by atoms with Crippen molar-refractivity contribution < 1.29 is 28.2 Å². The molecule has 352 valence electrons. The summed E-state index contributed by atoms with van der Waals surface area (Å²) in [5, 5.41) is 14.9. The largest absolute Gasteiger partial charge is 0.508 e. The first-order valence-electron chi connectivity index (χ1n) is 25.0. The number of amides is 2. The lowest BCUT2D eigenvalue weighted by Crippen LogP contribution is -2.56. The van der Waals surface area contributed by atoms with E-state index >= 15 is 8.78 Å². The molecular formula is C54H63F2N7O4. The van der Waals surface area contributed by atoms with E-state index < -0.39 is 5.82 Å². The van der Waals surface area contributed by atoms with Crippen LogP contribution in [0.3, 0.4) is 0 Å². The highest BCUT2D eigenvalue weighted by molar-refractivity contribution is 6.02. The number of carbonyl (C=O) groups excluding carboxylic acids is 2. The van der Waals surface area contributed by atoms with Crippen molar-refractivity contribution in [3.8, 4) is 23.0 Å². The Morgan fingerprint density at radius 3 is 2.37 bits per heavy atom. The highest BCUT2D eigenvalue weighted by Gasteiger charge is 2.50. The molecule has 2 N–H and O–H groups in total. The molecule has 3 aromatic carbocycles. The Morgan fingerprint density at radius 1 is 0.896 bits per heavy atom. The van der Waals surface area contributed by atoms with E-state index in [2.05, 4.69) is 56.2 Å². The van der Waals surface area contributed by atoms with Crippen LogP contribution in [0.4, 0.5) is 14.6 Å². The summed E-state index contributed by atoms with van der Waals surface area (Å²) in [7, 11) is 0. The third-order valence-electron chi connectivity index (χ3n) is 16.7. The molecule has 6 fully saturated rings. The fraction of sp³-hybridized carbons (Fsp3) is 0.537. The van der Waals surface area contributed by atoms with Crippen LogP contribution < -0.4 is 15.0 Å². The summed E-state index contributed by atoms with van der Waals surface area (Å²) in [5.74, 6) is -0.0335. The van der Waals surface area contributed by atoms with Gasteiger partial charge in [0.15, 0.2) is 5.82 Å². The molecule has 11 nitrogen and oxygen atoms in total. The van der Waals surface area contributed by atoms with Gasteiger partial charge in [-0.2, -0.15) is 9.97 Å². The molecule has 2 aromatic heterocycles.